The van der Waals surface area contributed by atoms with Crippen LogP contribution < -0.4 is 11.1 Å². The lowest BCUT2D eigenvalue weighted by molar-refractivity contribution is -0.148. The number of hydrogen-bond acceptors (Lipinski definition) is 2. The highest BCUT2D eigenvalue weighted by atomic mass is 19.3. The molecule has 0 atom stereocenters. The minimum absolute atomic E-state index is 0.0869. The third-order valence-electron chi connectivity index (χ3n) is 2.38. The van der Waals surface area contributed by atoms with Crippen molar-refractivity contribution in [2.75, 3.05) is 6.54 Å². The minimum Gasteiger partial charge on any atom is -0.344 e. The van der Waals surface area contributed by atoms with Gasteiger partial charge < -0.3 is 11.1 Å². The number of amides is 1. The van der Waals surface area contributed by atoms with Crippen LogP contribution in [0.2, 0.25) is 0 Å². The summed E-state index contributed by atoms with van der Waals surface area (Å²) in [5.41, 5.74) is 4.20. The van der Waals surface area contributed by atoms with E-state index in [4.69, 9.17) is 5.73 Å². The van der Waals surface area contributed by atoms with Gasteiger partial charge in [-0.25, -0.2) is 0 Å². The van der Waals surface area contributed by atoms with Crippen molar-refractivity contribution in [1.29, 1.82) is 0 Å². The molecule has 0 aliphatic rings. The molecule has 0 saturated heterocycles. The number of nitrogens with two attached hydrogens (primary N) is 1. The summed E-state index contributed by atoms with van der Waals surface area (Å²) < 4.78 is 27.5. The standard InChI is InChI=1S/C12H16F2N2O/c1-11(2,8-15)16-10(17)12(13,14)9-6-4-3-5-7-9/h3-7H,8,15H2,1-2H3,(H,16,17). The lowest BCUT2D eigenvalue weighted by Gasteiger charge is -2.27. The zero-order chi connectivity index (χ0) is 13.1. The second kappa shape index (κ2) is 4.79. The Morgan fingerprint density at radius 3 is 2.29 bits per heavy atom. The smallest absolute Gasteiger partial charge is 0.344 e. The van der Waals surface area contributed by atoms with Gasteiger partial charge in [-0.15, -0.1) is 0 Å². The third kappa shape index (κ3) is 3.23. The number of hydrogen-bond donors (Lipinski definition) is 2. The maximum Gasteiger partial charge on any atom is 0.349 e. The van der Waals surface area contributed by atoms with Gasteiger partial charge in [0.15, 0.2) is 0 Å². The van der Waals surface area contributed by atoms with Crippen LogP contribution in [0.3, 0.4) is 0 Å². The van der Waals surface area contributed by atoms with Crippen molar-refractivity contribution in [1.82, 2.24) is 5.32 Å². The summed E-state index contributed by atoms with van der Waals surface area (Å²) in [5, 5.41) is 2.23. The average Bonchev–Trinajstić information content (AvgIpc) is 2.29. The molecular weight excluding hydrogens is 226 g/mol. The van der Waals surface area contributed by atoms with E-state index in [0.717, 1.165) is 0 Å². The Morgan fingerprint density at radius 2 is 1.82 bits per heavy atom. The van der Waals surface area contributed by atoms with Gasteiger partial charge in [-0.1, -0.05) is 30.3 Å². The van der Waals surface area contributed by atoms with E-state index in [-0.39, 0.29) is 12.1 Å². The van der Waals surface area contributed by atoms with E-state index < -0.39 is 17.4 Å². The van der Waals surface area contributed by atoms with Crippen LogP contribution >= 0.6 is 0 Å². The van der Waals surface area contributed by atoms with Crippen molar-refractivity contribution < 1.29 is 13.6 Å². The molecule has 1 amide bonds. The quantitative estimate of drug-likeness (QED) is 0.843. The Kier molecular flexibility index (Phi) is 3.83. The van der Waals surface area contributed by atoms with Crippen molar-refractivity contribution in [2.45, 2.75) is 25.3 Å². The van der Waals surface area contributed by atoms with Gasteiger partial charge in [-0.05, 0) is 13.8 Å². The molecule has 0 radical (unpaired) electrons. The number of rotatable bonds is 4. The first-order valence-corrected chi connectivity index (χ1v) is 5.25. The predicted molar refractivity (Wildman–Crippen MR) is 61.6 cm³/mol. The monoisotopic (exact) mass is 242 g/mol. The topological polar surface area (TPSA) is 55.1 Å². The molecule has 0 aliphatic carbocycles. The van der Waals surface area contributed by atoms with Crippen LogP contribution in [-0.4, -0.2) is 18.0 Å². The second-order valence-corrected chi connectivity index (χ2v) is 4.48. The number of nitrogens with one attached hydrogen (secondary N) is 1. The highest BCUT2D eigenvalue weighted by molar-refractivity contribution is 5.85. The molecule has 94 valence electrons. The third-order valence-corrected chi connectivity index (χ3v) is 2.38. The van der Waals surface area contributed by atoms with Crippen LogP contribution in [0, 0.1) is 0 Å². The molecule has 0 bridgehead atoms. The molecule has 0 aliphatic heterocycles. The summed E-state index contributed by atoms with van der Waals surface area (Å²) in [6.45, 7) is 3.27. The van der Waals surface area contributed by atoms with Crippen LogP contribution in [0.25, 0.3) is 0 Å². The number of benzene rings is 1. The van der Waals surface area contributed by atoms with E-state index >= 15 is 0 Å². The van der Waals surface area contributed by atoms with Crippen LogP contribution in [-0.2, 0) is 10.7 Å². The van der Waals surface area contributed by atoms with Gasteiger partial charge >= 0.3 is 5.92 Å². The molecule has 0 saturated carbocycles. The Labute approximate surface area is 99.0 Å². The fourth-order valence-corrected chi connectivity index (χ4v) is 1.22. The van der Waals surface area contributed by atoms with Gasteiger partial charge in [0.25, 0.3) is 5.91 Å². The van der Waals surface area contributed by atoms with Crippen molar-refractivity contribution in [3.8, 4) is 0 Å². The highest BCUT2D eigenvalue weighted by Crippen LogP contribution is 2.28. The van der Waals surface area contributed by atoms with Crippen LogP contribution in [0.15, 0.2) is 30.3 Å². The summed E-state index contributed by atoms with van der Waals surface area (Å²) in [4.78, 5) is 11.5. The van der Waals surface area contributed by atoms with E-state index in [2.05, 4.69) is 5.32 Å². The fourth-order valence-electron chi connectivity index (χ4n) is 1.22. The largest absolute Gasteiger partial charge is 0.349 e. The van der Waals surface area contributed by atoms with Gasteiger partial charge in [-0.3, -0.25) is 4.79 Å². The minimum atomic E-state index is -3.55. The van der Waals surface area contributed by atoms with E-state index in [9.17, 15) is 13.6 Å². The van der Waals surface area contributed by atoms with E-state index in [0.29, 0.717) is 0 Å². The molecule has 1 aromatic rings. The van der Waals surface area contributed by atoms with Crippen molar-refractivity contribution in [2.24, 2.45) is 5.73 Å². The summed E-state index contributed by atoms with van der Waals surface area (Å²) in [7, 11) is 0. The van der Waals surface area contributed by atoms with Gasteiger partial charge in [0.1, 0.15) is 0 Å². The van der Waals surface area contributed by atoms with Crippen molar-refractivity contribution >= 4 is 5.91 Å². The van der Waals surface area contributed by atoms with E-state index in [1.807, 2.05) is 0 Å². The molecule has 0 unspecified atom stereocenters. The van der Waals surface area contributed by atoms with E-state index in [1.54, 1.807) is 19.9 Å². The SMILES string of the molecule is CC(C)(CN)NC(=O)C(F)(F)c1ccccc1. The summed E-state index contributed by atoms with van der Waals surface area (Å²) >= 11 is 0. The zero-order valence-electron chi connectivity index (χ0n) is 9.84. The first kappa shape index (κ1) is 13.6. The molecule has 3 nitrogen and oxygen atoms in total. The number of alkyl halides is 2. The molecule has 0 heterocycles. The molecule has 0 fully saturated rings. The van der Waals surface area contributed by atoms with Gasteiger partial charge in [0.05, 0.1) is 0 Å². The Hall–Kier alpha value is -1.49. The van der Waals surface area contributed by atoms with Crippen LogP contribution in [0.5, 0.6) is 0 Å². The molecule has 17 heavy (non-hydrogen) atoms. The van der Waals surface area contributed by atoms with Crippen LogP contribution in [0.1, 0.15) is 19.4 Å². The maximum atomic E-state index is 13.8. The second-order valence-electron chi connectivity index (χ2n) is 4.48. The molecule has 0 spiro atoms. The molecular formula is C12H16F2N2O. The normalized spacial score (nSPS) is 12.3. The van der Waals surface area contributed by atoms with Gasteiger partial charge in [-0.2, -0.15) is 8.78 Å². The van der Waals surface area contributed by atoms with E-state index in [1.165, 1.54) is 24.3 Å². The summed E-state index contributed by atoms with van der Waals surface area (Å²) in [5.74, 6) is -4.88. The Morgan fingerprint density at radius 1 is 1.29 bits per heavy atom. The van der Waals surface area contributed by atoms with Gasteiger partial charge in [0, 0.05) is 17.6 Å². The fraction of sp³-hybridized carbons (Fsp3) is 0.417. The molecule has 1 rings (SSSR count). The number of carbonyl (C=O) groups excluding carboxylic acids is 1. The number of halogens is 2. The Bertz CT molecular complexity index is 391. The molecule has 5 heteroatoms. The summed E-state index contributed by atoms with van der Waals surface area (Å²) in [6.07, 6.45) is 0. The molecule has 1 aromatic carbocycles. The van der Waals surface area contributed by atoms with Gasteiger partial charge in [0.2, 0.25) is 0 Å². The lowest BCUT2D eigenvalue weighted by Crippen LogP contribution is -2.53. The lowest BCUT2D eigenvalue weighted by atomic mass is 10.0. The first-order valence-electron chi connectivity index (χ1n) is 5.25. The maximum absolute atomic E-state index is 13.8. The first-order chi connectivity index (χ1) is 7.79. The van der Waals surface area contributed by atoms with Crippen molar-refractivity contribution in [3.05, 3.63) is 35.9 Å². The van der Waals surface area contributed by atoms with Crippen molar-refractivity contribution in [3.63, 3.8) is 0 Å². The summed E-state index contributed by atoms with van der Waals surface area (Å²) in [6, 6.07) is 6.97. The molecule has 3 N–H and O–H groups in total. The number of carbonyl (C=O) groups is 1. The predicted octanol–water partition coefficient (Wildman–Crippen LogP) is 1.63. The van der Waals surface area contributed by atoms with Crippen LogP contribution in [0.4, 0.5) is 8.78 Å². The Balaban J connectivity index is 2.88. The highest BCUT2D eigenvalue weighted by Gasteiger charge is 2.42. The zero-order valence-corrected chi connectivity index (χ0v) is 9.84. The average molecular weight is 242 g/mol. The molecule has 0 aromatic heterocycles.